The molecule has 4 aromatic carbocycles. The maximum Gasteiger partial charge on any atom is 0.119 e. The van der Waals surface area contributed by atoms with Crippen LogP contribution < -0.4 is 9.47 Å². The molecular formula is C66H101BrO15. The second-order valence-electron chi connectivity index (χ2n) is 22.0. The average Bonchev–Trinajstić information content (AvgIpc) is 3.48. The molecule has 0 aromatic heterocycles. The Hall–Kier alpha value is -3.56. The van der Waals surface area contributed by atoms with Gasteiger partial charge in [0, 0.05) is 12.4 Å². The highest BCUT2D eigenvalue weighted by Gasteiger charge is 2.18. The lowest BCUT2D eigenvalue weighted by Crippen LogP contribution is -2.31. The summed E-state index contributed by atoms with van der Waals surface area (Å²) in [6, 6.07) is 33.4. The molecule has 0 saturated carbocycles. The Morgan fingerprint density at radius 2 is 0.488 bits per heavy atom. The van der Waals surface area contributed by atoms with Gasteiger partial charge in [0.15, 0.2) is 0 Å². The van der Waals surface area contributed by atoms with Gasteiger partial charge in [-0.05, 0) is 148 Å². The van der Waals surface area contributed by atoms with E-state index in [4.69, 9.17) is 71.1 Å². The second kappa shape index (κ2) is 40.7. The summed E-state index contributed by atoms with van der Waals surface area (Å²) in [6.07, 6.45) is -1.14. The minimum atomic E-state index is -0.142. The fraction of sp³-hybridized carbons (Fsp3) is 0.636. The van der Waals surface area contributed by atoms with Crippen molar-refractivity contribution < 1.29 is 71.1 Å². The Kier molecular flexibility index (Phi) is 35.2. The van der Waals surface area contributed by atoms with Gasteiger partial charge in [-0.1, -0.05) is 88.7 Å². The molecule has 0 aliphatic heterocycles. The second-order valence-corrected chi connectivity index (χ2v) is 22.5. The number of alkyl halides is 1. The van der Waals surface area contributed by atoms with E-state index in [0.717, 1.165) is 33.5 Å². The van der Waals surface area contributed by atoms with Crippen molar-refractivity contribution in [3.05, 3.63) is 108 Å². The molecule has 13 unspecified atom stereocenters. The topological polar surface area (TPSA) is 138 Å². The SMILES string of the molecule is COCC(C)OCC(C)OCC(C)OCC(C)OCC(C)OCC(C)OCC(C)OCC(C)OCC(C)OCC(C)OCC(C)OCC(C)OCC(C)Oc1ccc(-c2ccc(OCc3ccc(-c4ccc(CBr)cc4)cc3)cc2)cc1. The van der Waals surface area contributed by atoms with Crippen LogP contribution in [0.2, 0.25) is 0 Å². The molecule has 0 fully saturated rings. The molecule has 16 heteroatoms. The summed E-state index contributed by atoms with van der Waals surface area (Å²) in [5.74, 6) is 1.61. The molecule has 0 N–H and O–H groups in total. The summed E-state index contributed by atoms with van der Waals surface area (Å²) >= 11 is 3.51. The van der Waals surface area contributed by atoms with Crippen LogP contribution in [-0.4, -0.2) is 172 Å². The van der Waals surface area contributed by atoms with Crippen molar-refractivity contribution in [1.29, 1.82) is 0 Å². The lowest BCUT2D eigenvalue weighted by Gasteiger charge is -2.23. The number of hydrogen-bond donors (Lipinski definition) is 0. The highest BCUT2D eigenvalue weighted by atomic mass is 79.9. The van der Waals surface area contributed by atoms with Gasteiger partial charge < -0.3 is 71.1 Å². The smallest absolute Gasteiger partial charge is 0.119 e. The Morgan fingerprint density at radius 1 is 0.268 bits per heavy atom. The number of hydrogen-bond acceptors (Lipinski definition) is 15. The van der Waals surface area contributed by atoms with E-state index in [0.29, 0.717) is 92.5 Å². The summed E-state index contributed by atoms with van der Waals surface area (Å²) in [5.41, 5.74) is 6.98. The Balaban J connectivity index is 0.957. The zero-order chi connectivity index (χ0) is 59.7. The highest BCUT2D eigenvalue weighted by Crippen LogP contribution is 2.27. The van der Waals surface area contributed by atoms with Crippen LogP contribution in [-0.2, 0) is 73.5 Å². The molecule has 0 heterocycles. The molecule has 0 saturated heterocycles. The quantitative estimate of drug-likeness (QED) is 0.0388. The standard InChI is InChI=1S/C66H101BrO15/c1-46(32-68-14)69-33-47(2)70-34-48(3)71-35-49(4)72-36-50(5)73-37-51(6)74-38-52(7)75-39-53(8)76-40-54(9)77-41-55(10)78-42-56(11)79-43-57(12)80-44-58(13)82-66-29-25-64(26-30-66)63-23-27-65(28-24-63)81-45-60-17-21-62(22-18-60)61-19-15-59(31-67)16-20-61/h15-30,46-58H,31-45H2,1-14H3. The molecule has 15 nitrogen and oxygen atoms in total. The maximum absolute atomic E-state index is 6.17. The van der Waals surface area contributed by atoms with Gasteiger partial charge in [0.05, 0.1) is 159 Å². The number of halogens is 1. The van der Waals surface area contributed by atoms with Crippen LogP contribution in [0.1, 0.15) is 101 Å². The van der Waals surface area contributed by atoms with Crippen molar-refractivity contribution in [3.8, 4) is 33.8 Å². The Labute approximate surface area is 501 Å². The monoisotopic (exact) mass is 1210 g/mol. The van der Waals surface area contributed by atoms with E-state index in [1.807, 2.05) is 114 Å². The largest absolute Gasteiger partial charge is 0.489 e. The van der Waals surface area contributed by atoms with Crippen LogP contribution in [0.25, 0.3) is 22.3 Å². The maximum atomic E-state index is 6.17. The predicted octanol–water partition coefficient (Wildman–Crippen LogP) is 12.8. The number of ether oxygens (including phenoxy) is 15. The molecule has 0 spiro atoms. The number of benzene rings is 4. The van der Waals surface area contributed by atoms with Crippen LogP contribution >= 0.6 is 15.9 Å². The third-order valence-corrected chi connectivity index (χ3v) is 13.6. The van der Waals surface area contributed by atoms with E-state index in [1.54, 1.807) is 7.11 Å². The first-order valence-electron chi connectivity index (χ1n) is 29.5. The normalized spacial score (nSPS) is 16.7. The zero-order valence-electron chi connectivity index (χ0n) is 51.9. The van der Waals surface area contributed by atoms with Gasteiger partial charge in [0.2, 0.25) is 0 Å². The third kappa shape index (κ3) is 31.0. The van der Waals surface area contributed by atoms with Crippen LogP contribution in [0.4, 0.5) is 0 Å². The van der Waals surface area contributed by atoms with Gasteiger partial charge in [0.25, 0.3) is 0 Å². The predicted molar refractivity (Wildman–Crippen MR) is 328 cm³/mol. The first kappa shape index (κ1) is 70.9. The summed E-state index contributed by atoms with van der Waals surface area (Å²) in [7, 11) is 1.66. The summed E-state index contributed by atoms with van der Waals surface area (Å²) < 4.78 is 89.1. The Bertz CT molecular complexity index is 2200. The first-order chi connectivity index (χ1) is 39.4. The highest BCUT2D eigenvalue weighted by molar-refractivity contribution is 9.08. The summed E-state index contributed by atoms with van der Waals surface area (Å²) in [5, 5.41) is 0.857. The molecule has 0 aliphatic carbocycles. The van der Waals surface area contributed by atoms with E-state index in [9.17, 15) is 0 Å². The fourth-order valence-corrected chi connectivity index (χ4v) is 8.27. The fourth-order valence-electron chi connectivity index (χ4n) is 7.89. The van der Waals surface area contributed by atoms with Gasteiger partial charge in [-0.15, -0.1) is 0 Å². The molecule has 13 atom stereocenters. The van der Waals surface area contributed by atoms with Gasteiger partial charge in [-0.3, -0.25) is 0 Å². The molecule has 0 amide bonds. The van der Waals surface area contributed by atoms with Gasteiger partial charge in [-0.2, -0.15) is 0 Å². The van der Waals surface area contributed by atoms with Gasteiger partial charge >= 0.3 is 0 Å². The summed E-state index contributed by atoms with van der Waals surface area (Å²) in [6.45, 7) is 32.4. The van der Waals surface area contributed by atoms with Crippen LogP contribution in [0.5, 0.6) is 11.5 Å². The minimum absolute atomic E-state index is 0.0319. The lowest BCUT2D eigenvalue weighted by molar-refractivity contribution is -0.114. The first-order valence-corrected chi connectivity index (χ1v) is 30.6. The van der Waals surface area contributed by atoms with Crippen molar-refractivity contribution in [2.75, 3.05) is 93.0 Å². The minimum Gasteiger partial charge on any atom is -0.489 e. The number of methoxy groups -OCH3 is 1. The van der Waals surface area contributed by atoms with Crippen molar-refractivity contribution in [1.82, 2.24) is 0 Å². The van der Waals surface area contributed by atoms with Crippen molar-refractivity contribution in [2.45, 2.75) is 181 Å². The van der Waals surface area contributed by atoms with Gasteiger partial charge in [-0.25, -0.2) is 0 Å². The van der Waals surface area contributed by atoms with E-state index in [-0.39, 0.29) is 79.4 Å². The van der Waals surface area contributed by atoms with E-state index < -0.39 is 0 Å². The van der Waals surface area contributed by atoms with Crippen molar-refractivity contribution >= 4 is 15.9 Å². The van der Waals surface area contributed by atoms with Gasteiger partial charge in [0.1, 0.15) is 24.2 Å². The molecule has 82 heavy (non-hydrogen) atoms. The van der Waals surface area contributed by atoms with E-state index in [1.165, 1.54) is 16.7 Å². The van der Waals surface area contributed by atoms with Crippen LogP contribution in [0, 0.1) is 0 Å². The molecule has 4 aromatic rings. The van der Waals surface area contributed by atoms with Crippen molar-refractivity contribution in [3.63, 3.8) is 0 Å². The molecule has 0 radical (unpaired) electrons. The summed E-state index contributed by atoms with van der Waals surface area (Å²) in [4.78, 5) is 0. The van der Waals surface area contributed by atoms with E-state index in [2.05, 4.69) is 88.7 Å². The van der Waals surface area contributed by atoms with Crippen LogP contribution in [0.15, 0.2) is 97.1 Å². The molecule has 4 rings (SSSR count). The van der Waals surface area contributed by atoms with Crippen LogP contribution in [0.3, 0.4) is 0 Å². The Morgan fingerprint density at radius 3 is 0.744 bits per heavy atom. The zero-order valence-corrected chi connectivity index (χ0v) is 53.4. The molecule has 0 bridgehead atoms. The average molecular weight is 1210 g/mol. The number of rotatable bonds is 46. The molecular weight excluding hydrogens is 1110 g/mol. The third-order valence-electron chi connectivity index (χ3n) is 13.0. The molecule has 462 valence electrons. The lowest BCUT2D eigenvalue weighted by atomic mass is 10.0. The van der Waals surface area contributed by atoms with Crippen molar-refractivity contribution in [2.24, 2.45) is 0 Å². The van der Waals surface area contributed by atoms with E-state index >= 15 is 0 Å². The molecule has 0 aliphatic rings.